The smallest absolute Gasteiger partial charge is 0.301 e. The first-order valence-corrected chi connectivity index (χ1v) is 24.1. The maximum atomic E-state index is 15.8. The van der Waals surface area contributed by atoms with Crippen LogP contribution in [0.25, 0.3) is 21.8 Å². The molecule has 2 aromatic carbocycles. The van der Waals surface area contributed by atoms with Crippen molar-refractivity contribution in [3.05, 3.63) is 63.4 Å². The Morgan fingerprint density at radius 1 is 0.896 bits per heavy atom. The Kier molecular flexibility index (Phi) is 11.1. The highest BCUT2D eigenvalue weighted by Gasteiger charge is 2.51. The fourth-order valence-electron chi connectivity index (χ4n) is 11.4. The number of hydrogen-bond donors (Lipinski definition) is 3. The van der Waals surface area contributed by atoms with Gasteiger partial charge in [-0.2, -0.15) is 10.1 Å². The molecule has 2 amide bonds. The summed E-state index contributed by atoms with van der Waals surface area (Å²) in [6, 6.07) is 7.64. The van der Waals surface area contributed by atoms with Gasteiger partial charge in [0.05, 0.1) is 46.3 Å². The number of carbonyl (C=O) groups excluding carboxylic acids is 2. The number of aryl methyl sites for hydroxylation is 2. The monoisotopic (exact) mass is 941 g/mol. The van der Waals surface area contributed by atoms with E-state index < -0.39 is 30.0 Å². The molecule has 5 fully saturated rings. The molecule has 5 aliphatic heterocycles. The fourth-order valence-corrected chi connectivity index (χ4v) is 11.5. The summed E-state index contributed by atoms with van der Waals surface area (Å²) in [5.74, 6) is -3.45. The van der Waals surface area contributed by atoms with E-state index in [0.29, 0.717) is 75.3 Å². The number of rotatable bonds is 8. The molecule has 11 rings (SSSR count). The van der Waals surface area contributed by atoms with E-state index in [2.05, 4.69) is 40.7 Å². The lowest BCUT2D eigenvalue weighted by Gasteiger charge is -2.47. The van der Waals surface area contributed by atoms with Crippen LogP contribution < -0.4 is 36.0 Å². The lowest BCUT2D eigenvalue weighted by atomic mass is 9.71. The number of aromatic nitrogens is 5. The minimum atomic E-state index is -3.13. The number of alkyl halides is 2. The summed E-state index contributed by atoms with van der Waals surface area (Å²) in [5, 5.41) is 14.9. The predicted molar refractivity (Wildman–Crippen MR) is 250 cm³/mol. The molecule has 15 nitrogen and oxygen atoms in total. The number of benzene rings is 2. The Morgan fingerprint density at radius 2 is 1.64 bits per heavy atom. The number of hydrogen-bond acceptors (Lipinski definition) is 12. The van der Waals surface area contributed by atoms with E-state index in [1.807, 2.05) is 25.2 Å². The van der Waals surface area contributed by atoms with Gasteiger partial charge in [0.2, 0.25) is 23.5 Å². The summed E-state index contributed by atoms with van der Waals surface area (Å²) in [6.45, 7) is 5.49. The molecule has 3 aromatic heterocycles. The zero-order valence-electron chi connectivity index (χ0n) is 37.7. The molecule has 1 saturated carbocycles. The van der Waals surface area contributed by atoms with Crippen LogP contribution in [0.3, 0.4) is 0 Å². The van der Waals surface area contributed by atoms with Gasteiger partial charge in [0, 0.05) is 69.7 Å². The maximum Gasteiger partial charge on any atom is 0.301 e. The summed E-state index contributed by atoms with van der Waals surface area (Å²) in [5.41, 5.74) is 3.12. The van der Waals surface area contributed by atoms with E-state index in [4.69, 9.17) is 21.3 Å². The number of pyridine rings is 1. The van der Waals surface area contributed by atoms with Gasteiger partial charge < -0.3 is 34.6 Å². The van der Waals surface area contributed by atoms with Crippen LogP contribution in [0.15, 0.2) is 41.3 Å². The van der Waals surface area contributed by atoms with E-state index >= 15 is 13.2 Å². The van der Waals surface area contributed by atoms with E-state index in [0.717, 1.165) is 89.9 Å². The Balaban J connectivity index is 0.691. The highest BCUT2D eigenvalue weighted by atomic mass is 35.5. The van der Waals surface area contributed by atoms with Crippen LogP contribution in [0.2, 0.25) is 5.02 Å². The van der Waals surface area contributed by atoms with Crippen LogP contribution in [0, 0.1) is 23.1 Å². The number of anilines is 5. The topological polar surface area (TPSA) is 155 Å². The third kappa shape index (κ3) is 8.20. The largest absolute Gasteiger partial charge is 0.480 e. The molecule has 8 heterocycles. The molecule has 3 N–H and O–H groups in total. The van der Waals surface area contributed by atoms with Crippen LogP contribution in [-0.2, 0) is 23.7 Å². The summed E-state index contributed by atoms with van der Waals surface area (Å²) in [6.07, 6.45) is 9.93. The van der Waals surface area contributed by atoms with E-state index in [1.54, 1.807) is 24.0 Å². The van der Waals surface area contributed by atoms with Crippen molar-refractivity contribution in [2.45, 2.75) is 82.1 Å². The van der Waals surface area contributed by atoms with E-state index in [9.17, 15) is 14.4 Å². The summed E-state index contributed by atoms with van der Waals surface area (Å²) in [4.78, 5) is 54.1. The first kappa shape index (κ1) is 43.9. The lowest BCUT2D eigenvalue weighted by Crippen LogP contribution is -2.48. The predicted octanol–water partition coefficient (Wildman–Crippen LogP) is 7.09. The van der Waals surface area contributed by atoms with Gasteiger partial charge in [0.25, 0.3) is 5.56 Å². The number of amides is 2. The van der Waals surface area contributed by atoms with E-state index in [1.165, 1.54) is 10.6 Å². The molecule has 1 spiro atoms. The van der Waals surface area contributed by atoms with Crippen molar-refractivity contribution >= 4 is 74.0 Å². The minimum absolute atomic E-state index is 0.107. The highest BCUT2D eigenvalue weighted by Crippen LogP contribution is 2.47. The number of nitrogens with one attached hydrogen (secondary N) is 3. The number of ether oxygens (including phenoxy) is 1. The Labute approximate surface area is 390 Å². The molecular formula is C48H55ClF3N11O4. The second kappa shape index (κ2) is 16.9. The zero-order chi connectivity index (χ0) is 46.4. The third-order valence-corrected chi connectivity index (χ3v) is 15.9. The number of likely N-dealkylation sites (tertiary alicyclic amines) is 1. The fraction of sp³-hybridized carbons (Fsp3) is 0.542. The SMILES string of the molecule is Cn1nc(C2CCC(=O)NC2=O)c2cc(F)c(N3CCC(CN4CCC5(CC4)CCN(c4ncc(Cl)c(Nc6ccc7c(c6)c6c(c(=O)n7C)OCC(F)(F)C(C7CC7)N6)n4)CC5)CC3)cc21. The van der Waals surface area contributed by atoms with Crippen molar-refractivity contribution in [1.82, 2.24) is 34.5 Å². The maximum absolute atomic E-state index is 15.8. The molecule has 19 heteroatoms. The van der Waals surface area contributed by atoms with Crippen molar-refractivity contribution < 1.29 is 27.5 Å². The van der Waals surface area contributed by atoms with Crippen LogP contribution in [0.1, 0.15) is 75.8 Å². The second-order valence-electron chi connectivity index (χ2n) is 19.9. The molecule has 0 radical (unpaired) electrons. The number of piperidine rings is 4. The first-order chi connectivity index (χ1) is 32.2. The summed E-state index contributed by atoms with van der Waals surface area (Å²) < 4.78 is 54.8. The molecule has 6 aliphatic rings. The molecule has 67 heavy (non-hydrogen) atoms. The first-order valence-electron chi connectivity index (χ1n) is 23.7. The van der Waals surface area contributed by atoms with Gasteiger partial charge in [-0.3, -0.25) is 24.4 Å². The third-order valence-electron chi connectivity index (χ3n) is 15.6. The second-order valence-corrected chi connectivity index (χ2v) is 20.3. The van der Waals surface area contributed by atoms with Crippen LogP contribution in [0.4, 0.5) is 42.0 Å². The Morgan fingerprint density at radius 3 is 2.37 bits per heavy atom. The van der Waals surface area contributed by atoms with Gasteiger partial charge in [-0.1, -0.05) is 11.6 Å². The minimum Gasteiger partial charge on any atom is -0.480 e. The number of fused-ring (bicyclic) bond motifs is 4. The summed E-state index contributed by atoms with van der Waals surface area (Å²) in [7, 11) is 3.42. The van der Waals surface area contributed by atoms with Gasteiger partial charge in [0.15, 0.2) is 12.4 Å². The van der Waals surface area contributed by atoms with Crippen LogP contribution in [-0.4, -0.2) is 105 Å². The highest BCUT2D eigenvalue weighted by molar-refractivity contribution is 6.33. The van der Waals surface area contributed by atoms with Crippen molar-refractivity contribution in [3.63, 3.8) is 0 Å². The van der Waals surface area contributed by atoms with Crippen molar-refractivity contribution in [2.75, 3.05) is 72.9 Å². The number of imide groups is 1. The number of carbonyl (C=O) groups is 2. The van der Waals surface area contributed by atoms with Gasteiger partial charge in [-0.05, 0) is 118 Å². The number of halogens is 4. The average Bonchev–Trinajstić information content (AvgIpc) is 4.12. The average molecular weight is 942 g/mol. The Bertz CT molecular complexity index is 2840. The van der Waals surface area contributed by atoms with Gasteiger partial charge in [-0.15, -0.1) is 0 Å². The lowest BCUT2D eigenvalue weighted by molar-refractivity contribution is -0.134. The van der Waals surface area contributed by atoms with Gasteiger partial charge in [0.1, 0.15) is 10.8 Å². The molecule has 354 valence electrons. The molecular weight excluding hydrogens is 887 g/mol. The normalized spacial score (nSPS) is 23.5. The molecule has 4 saturated heterocycles. The van der Waals surface area contributed by atoms with Crippen molar-refractivity contribution in [2.24, 2.45) is 31.3 Å². The van der Waals surface area contributed by atoms with Gasteiger partial charge in [-0.25, -0.2) is 18.2 Å². The number of nitrogens with zero attached hydrogens (tertiary/aromatic N) is 8. The summed E-state index contributed by atoms with van der Waals surface area (Å²) >= 11 is 6.66. The molecule has 5 aromatic rings. The Hall–Kier alpha value is -5.62. The van der Waals surface area contributed by atoms with Crippen LogP contribution >= 0.6 is 11.6 Å². The molecule has 0 bridgehead atoms. The quantitative estimate of drug-likeness (QED) is 0.136. The van der Waals surface area contributed by atoms with Crippen molar-refractivity contribution in [3.8, 4) is 5.75 Å². The van der Waals surface area contributed by atoms with Crippen LogP contribution in [0.5, 0.6) is 5.75 Å². The standard InChI is InChI=1S/C48H55ClF3N11O4/c1-59-35-7-5-29(21-31(35)40-41(45(59)66)67-26-48(51,52)42(56-40)28-3-4-28)54-43-33(49)24-53-46(57-43)63-19-13-47(14-20-63)11-17-61(18-12-47)25-27-9-15-62(16-10-27)37-23-36-32(22-34(37)50)39(58-60(36)2)30-6-8-38(64)55-44(30)65/h5,7,21-24,27-28,30,42,56H,3-4,6,8-20,25-26H2,1-2H3,(H,53,54,57)(H,55,64,65). The zero-order valence-corrected chi connectivity index (χ0v) is 38.5. The van der Waals surface area contributed by atoms with Crippen molar-refractivity contribution in [1.29, 1.82) is 0 Å². The van der Waals surface area contributed by atoms with E-state index in [-0.39, 0.29) is 46.8 Å². The molecule has 1 aliphatic carbocycles. The molecule has 2 atom stereocenters. The van der Waals surface area contributed by atoms with Gasteiger partial charge >= 0.3 is 5.92 Å². The molecule has 2 unspecified atom stereocenters.